The third-order valence-corrected chi connectivity index (χ3v) is 4.19. The molecule has 0 spiro atoms. The van der Waals surface area contributed by atoms with Crippen LogP contribution in [0.15, 0.2) is 12.2 Å². The van der Waals surface area contributed by atoms with Crippen LogP contribution in [0.3, 0.4) is 0 Å². The van der Waals surface area contributed by atoms with Crippen LogP contribution in [0.1, 0.15) is 32.1 Å². The van der Waals surface area contributed by atoms with Crippen LogP contribution in [0.5, 0.6) is 0 Å². The average molecular weight is 205 g/mol. The number of fused-ring (bicyclic) bond motifs is 2. The van der Waals surface area contributed by atoms with Crippen LogP contribution in [0.25, 0.3) is 0 Å². The Labute approximate surface area is 91.3 Å². The van der Waals surface area contributed by atoms with Crippen LogP contribution < -0.4 is 0 Å². The number of carbonyl (C=O) groups excluding carboxylic acids is 1. The van der Waals surface area contributed by atoms with Crippen molar-refractivity contribution in [2.45, 2.75) is 38.1 Å². The SMILES string of the molecule is O=C1C[C@@H]2C=C[C@@H](C2)[C@@H]1N1CCCCC1. The van der Waals surface area contributed by atoms with Gasteiger partial charge in [-0.1, -0.05) is 18.6 Å². The second kappa shape index (κ2) is 3.75. The van der Waals surface area contributed by atoms with Gasteiger partial charge in [0.25, 0.3) is 0 Å². The summed E-state index contributed by atoms with van der Waals surface area (Å²) in [5.74, 6) is 1.61. The third-order valence-electron chi connectivity index (χ3n) is 4.19. The topological polar surface area (TPSA) is 20.3 Å². The molecular formula is C13H19NO. The van der Waals surface area contributed by atoms with Gasteiger partial charge in [-0.05, 0) is 44.2 Å². The summed E-state index contributed by atoms with van der Waals surface area (Å²) in [5.41, 5.74) is 0. The predicted octanol–water partition coefficient (Wildman–Crippen LogP) is 2.01. The van der Waals surface area contributed by atoms with E-state index >= 15 is 0 Å². The highest BCUT2D eigenvalue weighted by Crippen LogP contribution is 2.37. The first-order chi connectivity index (χ1) is 7.34. The van der Waals surface area contributed by atoms with E-state index in [-0.39, 0.29) is 6.04 Å². The molecule has 0 aromatic rings. The number of Topliss-reactive ketones (excluding diaryl/α,β-unsaturated/α-hetero) is 1. The summed E-state index contributed by atoms with van der Waals surface area (Å²) < 4.78 is 0. The maximum Gasteiger partial charge on any atom is 0.151 e. The van der Waals surface area contributed by atoms with Gasteiger partial charge in [-0.25, -0.2) is 0 Å². The van der Waals surface area contributed by atoms with Crippen LogP contribution >= 0.6 is 0 Å². The Balaban J connectivity index is 1.77. The minimum atomic E-state index is 0.236. The van der Waals surface area contributed by atoms with Crippen LogP contribution in [-0.4, -0.2) is 29.8 Å². The van der Waals surface area contributed by atoms with Crippen molar-refractivity contribution in [3.05, 3.63) is 12.2 Å². The Bertz CT molecular complexity index is 291. The van der Waals surface area contributed by atoms with E-state index in [2.05, 4.69) is 17.1 Å². The molecule has 0 unspecified atom stereocenters. The standard InChI is InChI=1S/C13H19NO/c15-12-9-10-4-5-11(8-10)13(12)14-6-2-1-3-7-14/h4-5,10-11,13H,1-3,6-9H2/t10-,11+,13+/m1/s1. The molecule has 0 N–H and O–H groups in total. The molecule has 0 aromatic carbocycles. The Morgan fingerprint density at radius 3 is 2.73 bits per heavy atom. The summed E-state index contributed by atoms with van der Waals surface area (Å²) >= 11 is 0. The van der Waals surface area contributed by atoms with E-state index in [1.165, 1.54) is 25.7 Å². The van der Waals surface area contributed by atoms with Gasteiger partial charge in [0, 0.05) is 6.42 Å². The average Bonchev–Trinajstić information content (AvgIpc) is 2.62. The molecule has 1 saturated carbocycles. The molecule has 3 atom stereocenters. The lowest BCUT2D eigenvalue weighted by Gasteiger charge is -2.39. The molecule has 2 heteroatoms. The van der Waals surface area contributed by atoms with Crippen molar-refractivity contribution in [2.75, 3.05) is 13.1 Å². The summed E-state index contributed by atoms with van der Waals surface area (Å²) in [5, 5.41) is 0. The lowest BCUT2D eigenvalue weighted by molar-refractivity contribution is -0.128. The zero-order valence-electron chi connectivity index (χ0n) is 9.19. The van der Waals surface area contributed by atoms with Gasteiger partial charge < -0.3 is 0 Å². The Morgan fingerprint density at radius 2 is 1.93 bits per heavy atom. The largest absolute Gasteiger partial charge is 0.298 e. The third kappa shape index (κ3) is 1.65. The van der Waals surface area contributed by atoms with E-state index in [0.717, 1.165) is 19.5 Å². The first kappa shape index (κ1) is 9.59. The second-order valence-corrected chi connectivity index (χ2v) is 5.26. The van der Waals surface area contributed by atoms with Gasteiger partial charge in [0.15, 0.2) is 5.78 Å². The van der Waals surface area contributed by atoms with Gasteiger partial charge in [-0.2, -0.15) is 0 Å². The molecule has 3 aliphatic rings. The molecule has 2 bridgehead atoms. The zero-order valence-corrected chi connectivity index (χ0v) is 9.19. The molecule has 0 amide bonds. The quantitative estimate of drug-likeness (QED) is 0.610. The highest BCUT2D eigenvalue weighted by Gasteiger charge is 2.41. The summed E-state index contributed by atoms with van der Waals surface area (Å²) in [6.07, 6.45) is 10.5. The zero-order chi connectivity index (χ0) is 10.3. The molecule has 1 heterocycles. The van der Waals surface area contributed by atoms with Crippen molar-refractivity contribution in [1.82, 2.24) is 4.90 Å². The summed E-state index contributed by atoms with van der Waals surface area (Å²) in [4.78, 5) is 14.5. The number of nitrogens with zero attached hydrogens (tertiary/aromatic N) is 1. The number of likely N-dealkylation sites (tertiary alicyclic amines) is 1. The minimum Gasteiger partial charge on any atom is -0.298 e. The molecule has 2 fully saturated rings. The molecular weight excluding hydrogens is 186 g/mol. The van der Waals surface area contributed by atoms with E-state index in [4.69, 9.17) is 0 Å². The molecule has 3 rings (SSSR count). The van der Waals surface area contributed by atoms with Crippen LogP contribution in [0.4, 0.5) is 0 Å². The molecule has 1 aliphatic heterocycles. The molecule has 0 radical (unpaired) electrons. The summed E-state index contributed by atoms with van der Waals surface area (Å²) in [6.45, 7) is 2.29. The van der Waals surface area contributed by atoms with Crippen molar-refractivity contribution < 1.29 is 4.79 Å². The number of ketones is 1. The number of carbonyl (C=O) groups is 1. The van der Waals surface area contributed by atoms with E-state index in [1.807, 2.05) is 0 Å². The highest BCUT2D eigenvalue weighted by atomic mass is 16.1. The molecule has 2 aliphatic carbocycles. The monoisotopic (exact) mass is 205 g/mol. The number of hydrogen-bond acceptors (Lipinski definition) is 2. The first-order valence-corrected chi connectivity index (χ1v) is 6.30. The van der Waals surface area contributed by atoms with Crippen molar-refractivity contribution in [2.24, 2.45) is 11.8 Å². The molecule has 0 aromatic heterocycles. The Morgan fingerprint density at radius 1 is 1.13 bits per heavy atom. The van der Waals surface area contributed by atoms with Gasteiger partial charge in [0.1, 0.15) is 0 Å². The van der Waals surface area contributed by atoms with E-state index < -0.39 is 0 Å². The van der Waals surface area contributed by atoms with Gasteiger partial charge in [-0.15, -0.1) is 0 Å². The fraction of sp³-hybridized carbons (Fsp3) is 0.769. The summed E-state index contributed by atoms with van der Waals surface area (Å²) in [6, 6.07) is 0.236. The van der Waals surface area contributed by atoms with Crippen molar-refractivity contribution in [3.8, 4) is 0 Å². The van der Waals surface area contributed by atoms with Crippen molar-refractivity contribution in [3.63, 3.8) is 0 Å². The van der Waals surface area contributed by atoms with Gasteiger partial charge in [-0.3, -0.25) is 9.69 Å². The minimum absolute atomic E-state index is 0.236. The number of hydrogen-bond donors (Lipinski definition) is 0. The van der Waals surface area contributed by atoms with Gasteiger partial charge in [0.05, 0.1) is 6.04 Å². The van der Waals surface area contributed by atoms with Crippen molar-refractivity contribution in [1.29, 1.82) is 0 Å². The van der Waals surface area contributed by atoms with Crippen LogP contribution in [0.2, 0.25) is 0 Å². The summed E-state index contributed by atoms with van der Waals surface area (Å²) in [7, 11) is 0. The fourth-order valence-corrected chi connectivity index (χ4v) is 3.48. The van der Waals surface area contributed by atoms with Crippen LogP contribution in [0, 0.1) is 11.8 Å². The lowest BCUT2D eigenvalue weighted by atomic mass is 9.81. The van der Waals surface area contributed by atoms with Gasteiger partial charge in [0.2, 0.25) is 0 Å². The maximum absolute atomic E-state index is 12.1. The van der Waals surface area contributed by atoms with Gasteiger partial charge >= 0.3 is 0 Å². The van der Waals surface area contributed by atoms with E-state index in [0.29, 0.717) is 17.6 Å². The maximum atomic E-state index is 12.1. The molecule has 1 saturated heterocycles. The predicted molar refractivity (Wildman–Crippen MR) is 59.6 cm³/mol. The second-order valence-electron chi connectivity index (χ2n) is 5.26. The molecule has 15 heavy (non-hydrogen) atoms. The van der Waals surface area contributed by atoms with E-state index in [9.17, 15) is 4.79 Å². The Hall–Kier alpha value is -0.630. The molecule has 82 valence electrons. The fourth-order valence-electron chi connectivity index (χ4n) is 3.48. The number of piperidine rings is 1. The van der Waals surface area contributed by atoms with E-state index in [1.54, 1.807) is 0 Å². The van der Waals surface area contributed by atoms with Crippen molar-refractivity contribution >= 4 is 5.78 Å². The highest BCUT2D eigenvalue weighted by molar-refractivity contribution is 5.86. The number of allylic oxidation sites excluding steroid dienone is 1. The lowest BCUT2D eigenvalue weighted by Crippen LogP contribution is -2.49. The smallest absolute Gasteiger partial charge is 0.151 e. The Kier molecular flexibility index (Phi) is 2.39. The number of rotatable bonds is 1. The van der Waals surface area contributed by atoms with Crippen LogP contribution in [-0.2, 0) is 4.79 Å². The molecule has 2 nitrogen and oxygen atoms in total. The normalized spacial score (nSPS) is 41.1. The first-order valence-electron chi connectivity index (χ1n) is 6.30.